The van der Waals surface area contributed by atoms with Crippen molar-refractivity contribution in [1.29, 1.82) is 0 Å². The average Bonchev–Trinajstić information content (AvgIpc) is 2.64. The molecule has 1 aromatic carbocycles. The summed E-state index contributed by atoms with van der Waals surface area (Å²) in [6.07, 6.45) is -0.521. The van der Waals surface area contributed by atoms with Gasteiger partial charge in [0.15, 0.2) is 0 Å². The van der Waals surface area contributed by atoms with Crippen LogP contribution in [-0.2, 0) is 7.05 Å². The summed E-state index contributed by atoms with van der Waals surface area (Å²) in [5, 5.41) is 21.7. The van der Waals surface area contributed by atoms with Crippen LogP contribution in [0.2, 0.25) is 0 Å². The fraction of sp³-hybridized carbons (Fsp3) is 0.300. The molecule has 0 spiro atoms. The van der Waals surface area contributed by atoms with Gasteiger partial charge in [-0.2, -0.15) is 0 Å². The lowest BCUT2D eigenvalue weighted by atomic mass is 10.1. The van der Waals surface area contributed by atoms with E-state index in [2.05, 4.69) is 31.5 Å². The zero-order valence-electron chi connectivity index (χ0n) is 9.33. The Morgan fingerprint density at radius 3 is 2.82 bits per heavy atom. The Bertz CT molecular complexity index is 529. The van der Waals surface area contributed by atoms with Gasteiger partial charge in [0.25, 0.3) is 0 Å². The number of nitrogens with zero attached hydrogens (tertiary/aromatic N) is 4. The molecule has 0 radical (unpaired) electrons. The molecule has 2 aromatic rings. The molecule has 1 aromatic heterocycles. The Kier molecular flexibility index (Phi) is 3.80. The topological polar surface area (TPSA) is 63.8 Å². The van der Waals surface area contributed by atoms with Crippen LogP contribution in [0, 0.1) is 0 Å². The van der Waals surface area contributed by atoms with Crippen LogP contribution in [0.3, 0.4) is 0 Å². The minimum atomic E-state index is -0.521. The van der Waals surface area contributed by atoms with E-state index in [4.69, 9.17) is 0 Å². The number of halogens is 1. The molecule has 7 heteroatoms. The molecule has 0 saturated heterocycles. The molecular formula is C10H11BrN4OS. The van der Waals surface area contributed by atoms with Crippen LogP contribution >= 0.6 is 27.7 Å². The summed E-state index contributed by atoms with van der Waals surface area (Å²) in [6, 6.07) is 5.74. The maximum Gasteiger partial charge on any atom is 0.213 e. The molecule has 0 amide bonds. The first-order chi connectivity index (χ1) is 8.08. The van der Waals surface area contributed by atoms with Crippen molar-refractivity contribution < 1.29 is 5.11 Å². The molecule has 90 valence electrons. The molecule has 0 bridgehead atoms. The van der Waals surface area contributed by atoms with E-state index in [0.717, 1.165) is 14.9 Å². The summed E-state index contributed by atoms with van der Waals surface area (Å²) in [5.41, 5.74) is 0.862. The van der Waals surface area contributed by atoms with E-state index in [1.54, 1.807) is 18.7 Å². The number of aliphatic hydroxyl groups excluding tert-OH is 1. The maximum atomic E-state index is 9.71. The molecule has 2 rings (SSSR count). The first kappa shape index (κ1) is 12.5. The van der Waals surface area contributed by atoms with Crippen molar-refractivity contribution in [2.24, 2.45) is 7.05 Å². The number of aliphatic hydroxyl groups is 1. The summed E-state index contributed by atoms with van der Waals surface area (Å²) >= 11 is 4.84. The minimum Gasteiger partial charge on any atom is -0.389 e. The van der Waals surface area contributed by atoms with Crippen molar-refractivity contribution in [2.75, 3.05) is 0 Å². The van der Waals surface area contributed by atoms with Gasteiger partial charge in [0, 0.05) is 16.4 Å². The van der Waals surface area contributed by atoms with Crippen molar-refractivity contribution in [3.8, 4) is 0 Å². The lowest BCUT2D eigenvalue weighted by molar-refractivity contribution is 0.196. The predicted molar refractivity (Wildman–Crippen MR) is 67.7 cm³/mol. The Labute approximate surface area is 111 Å². The van der Waals surface area contributed by atoms with Crippen molar-refractivity contribution in [2.45, 2.75) is 23.1 Å². The molecule has 0 aliphatic rings. The summed E-state index contributed by atoms with van der Waals surface area (Å²) in [7, 11) is 1.78. The van der Waals surface area contributed by atoms with Crippen molar-refractivity contribution >= 4 is 27.7 Å². The summed E-state index contributed by atoms with van der Waals surface area (Å²) < 4.78 is 2.55. The molecule has 0 saturated carbocycles. The Morgan fingerprint density at radius 1 is 1.47 bits per heavy atom. The summed E-state index contributed by atoms with van der Waals surface area (Å²) in [6.45, 7) is 1.74. The second-order valence-electron chi connectivity index (χ2n) is 3.55. The second-order valence-corrected chi connectivity index (χ2v) is 5.47. The van der Waals surface area contributed by atoms with Crippen LogP contribution in [0.4, 0.5) is 0 Å². The highest BCUT2D eigenvalue weighted by molar-refractivity contribution is 9.10. The number of aryl methyl sites for hydroxylation is 1. The van der Waals surface area contributed by atoms with Crippen molar-refractivity contribution in [1.82, 2.24) is 20.2 Å². The SMILES string of the molecule is CC(O)c1ccc(Br)cc1Sc1nnnn1C. The molecule has 1 atom stereocenters. The number of hydrogen-bond acceptors (Lipinski definition) is 5. The molecule has 5 nitrogen and oxygen atoms in total. The monoisotopic (exact) mass is 314 g/mol. The highest BCUT2D eigenvalue weighted by Gasteiger charge is 2.12. The van der Waals surface area contributed by atoms with Crippen LogP contribution in [0.1, 0.15) is 18.6 Å². The molecule has 0 aliphatic heterocycles. The fourth-order valence-corrected chi connectivity index (χ4v) is 2.85. The van der Waals surface area contributed by atoms with Gasteiger partial charge in [-0.25, -0.2) is 4.68 Å². The zero-order chi connectivity index (χ0) is 12.4. The number of aromatic nitrogens is 4. The smallest absolute Gasteiger partial charge is 0.213 e. The normalized spacial score (nSPS) is 12.7. The predicted octanol–water partition coefficient (Wildman–Crippen LogP) is 2.18. The number of tetrazole rings is 1. The van der Waals surface area contributed by atoms with Crippen LogP contribution in [0.5, 0.6) is 0 Å². The first-order valence-electron chi connectivity index (χ1n) is 4.95. The minimum absolute atomic E-state index is 0.521. The van der Waals surface area contributed by atoms with E-state index >= 15 is 0 Å². The van der Waals surface area contributed by atoms with E-state index in [1.807, 2.05) is 18.2 Å². The second kappa shape index (κ2) is 5.16. The van der Waals surface area contributed by atoms with E-state index in [9.17, 15) is 5.11 Å². The number of rotatable bonds is 3. The summed E-state index contributed by atoms with van der Waals surface area (Å²) in [5.74, 6) is 0. The average molecular weight is 315 g/mol. The highest BCUT2D eigenvalue weighted by Crippen LogP contribution is 2.33. The van der Waals surface area contributed by atoms with Gasteiger partial charge in [0.1, 0.15) is 0 Å². The number of benzene rings is 1. The van der Waals surface area contributed by atoms with Gasteiger partial charge in [0.05, 0.1) is 6.10 Å². The van der Waals surface area contributed by atoms with E-state index in [0.29, 0.717) is 5.16 Å². The maximum absolute atomic E-state index is 9.71. The van der Waals surface area contributed by atoms with Crippen LogP contribution in [-0.4, -0.2) is 25.3 Å². The quantitative estimate of drug-likeness (QED) is 0.940. The van der Waals surface area contributed by atoms with Crippen molar-refractivity contribution in [3.05, 3.63) is 28.2 Å². The molecule has 1 heterocycles. The largest absolute Gasteiger partial charge is 0.389 e. The number of hydrogen-bond donors (Lipinski definition) is 1. The summed E-state index contributed by atoms with van der Waals surface area (Å²) in [4.78, 5) is 0.937. The van der Waals surface area contributed by atoms with Gasteiger partial charge < -0.3 is 5.11 Å². The lowest BCUT2D eigenvalue weighted by Crippen LogP contribution is -1.97. The van der Waals surface area contributed by atoms with Gasteiger partial charge in [0.2, 0.25) is 5.16 Å². The molecule has 0 fully saturated rings. The van der Waals surface area contributed by atoms with E-state index < -0.39 is 6.10 Å². The third kappa shape index (κ3) is 2.85. The molecule has 17 heavy (non-hydrogen) atoms. The lowest BCUT2D eigenvalue weighted by Gasteiger charge is -2.11. The molecule has 1 unspecified atom stereocenters. The third-order valence-corrected chi connectivity index (χ3v) is 3.80. The Balaban J connectivity index is 2.37. The zero-order valence-corrected chi connectivity index (χ0v) is 11.7. The standard InChI is InChI=1S/C10H11BrN4OS/c1-6(16)8-4-3-7(11)5-9(8)17-10-12-13-14-15(10)2/h3-6,16H,1-2H3. The third-order valence-electron chi connectivity index (χ3n) is 2.21. The Hall–Kier alpha value is -0.920. The van der Waals surface area contributed by atoms with Gasteiger partial charge in [-0.15, -0.1) is 5.10 Å². The molecule has 1 N–H and O–H groups in total. The van der Waals surface area contributed by atoms with Gasteiger partial charge in [-0.3, -0.25) is 0 Å². The first-order valence-corrected chi connectivity index (χ1v) is 6.56. The van der Waals surface area contributed by atoms with E-state index in [-0.39, 0.29) is 0 Å². The van der Waals surface area contributed by atoms with Crippen LogP contribution < -0.4 is 0 Å². The van der Waals surface area contributed by atoms with Gasteiger partial charge in [-0.1, -0.05) is 22.0 Å². The van der Waals surface area contributed by atoms with Gasteiger partial charge in [-0.05, 0) is 46.8 Å². The van der Waals surface area contributed by atoms with Crippen LogP contribution in [0.25, 0.3) is 0 Å². The molecular weight excluding hydrogens is 304 g/mol. The van der Waals surface area contributed by atoms with Gasteiger partial charge >= 0.3 is 0 Å². The molecule has 0 aliphatic carbocycles. The highest BCUT2D eigenvalue weighted by atomic mass is 79.9. The van der Waals surface area contributed by atoms with Crippen LogP contribution in [0.15, 0.2) is 32.7 Å². The fourth-order valence-electron chi connectivity index (χ4n) is 1.35. The van der Waals surface area contributed by atoms with Crippen molar-refractivity contribution in [3.63, 3.8) is 0 Å². The Morgan fingerprint density at radius 2 is 2.24 bits per heavy atom. The van der Waals surface area contributed by atoms with E-state index in [1.165, 1.54) is 11.8 Å².